The maximum Gasteiger partial charge on any atom is 0.0367 e. The molecule has 116 valence electrons. The van der Waals surface area contributed by atoms with Gasteiger partial charge in [0.1, 0.15) is 0 Å². The van der Waals surface area contributed by atoms with Crippen LogP contribution in [0.25, 0.3) is 0 Å². The first-order valence-electron chi connectivity index (χ1n) is 8.66. The monoisotopic (exact) mass is 287 g/mol. The van der Waals surface area contributed by atoms with E-state index in [1.807, 2.05) is 0 Å². The number of hydrogen-bond acceptors (Lipinski definition) is 3. The third-order valence-electron chi connectivity index (χ3n) is 4.80. The third-order valence-corrected chi connectivity index (χ3v) is 4.80. The summed E-state index contributed by atoms with van der Waals surface area (Å²) in [7, 11) is 0. The van der Waals surface area contributed by atoms with Crippen molar-refractivity contribution in [2.45, 2.75) is 57.5 Å². The molecule has 0 radical (unpaired) electrons. The van der Waals surface area contributed by atoms with E-state index >= 15 is 0 Å². The molecular formula is C18H29N3. The minimum absolute atomic E-state index is 0.526. The molecule has 3 rings (SSSR count). The van der Waals surface area contributed by atoms with Crippen LogP contribution in [0.5, 0.6) is 0 Å². The second kappa shape index (κ2) is 7.17. The number of rotatable bonds is 5. The summed E-state index contributed by atoms with van der Waals surface area (Å²) in [5, 5.41) is 7.28. The zero-order valence-corrected chi connectivity index (χ0v) is 13.3. The number of nitrogens with one attached hydrogen (secondary N) is 2. The molecule has 3 nitrogen and oxygen atoms in total. The molecule has 3 heteroatoms. The van der Waals surface area contributed by atoms with Crippen LogP contribution in [0.1, 0.15) is 45.4 Å². The van der Waals surface area contributed by atoms with E-state index in [1.54, 1.807) is 0 Å². The summed E-state index contributed by atoms with van der Waals surface area (Å²) in [6.45, 7) is 5.93. The first-order chi connectivity index (χ1) is 10.3. The number of benzene rings is 1. The average molecular weight is 287 g/mol. The molecule has 0 aromatic heterocycles. The molecule has 0 aliphatic carbocycles. The van der Waals surface area contributed by atoms with Crippen LogP contribution >= 0.6 is 0 Å². The van der Waals surface area contributed by atoms with Crippen LogP contribution < -0.4 is 15.5 Å². The second-order valence-electron chi connectivity index (χ2n) is 6.67. The van der Waals surface area contributed by atoms with E-state index < -0.39 is 0 Å². The lowest BCUT2D eigenvalue weighted by atomic mass is 9.98. The molecule has 2 atom stereocenters. The lowest BCUT2D eigenvalue weighted by molar-refractivity contribution is 0.371. The molecule has 0 spiro atoms. The van der Waals surface area contributed by atoms with Crippen LogP contribution in [0.4, 0.5) is 11.4 Å². The quantitative estimate of drug-likeness (QED) is 0.866. The lowest BCUT2D eigenvalue weighted by Crippen LogP contribution is -2.37. The topological polar surface area (TPSA) is 27.3 Å². The van der Waals surface area contributed by atoms with Gasteiger partial charge in [-0.1, -0.05) is 6.42 Å². The van der Waals surface area contributed by atoms with E-state index in [4.69, 9.17) is 0 Å². The number of hydrogen-bond donors (Lipinski definition) is 2. The molecule has 1 aromatic rings. The van der Waals surface area contributed by atoms with Gasteiger partial charge in [0.25, 0.3) is 0 Å². The Bertz CT molecular complexity index is 417. The van der Waals surface area contributed by atoms with Gasteiger partial charge in [0.2, 0.25) is 0 Å². The summed E-state index contributed by atoms with van der Waals surface area (Å²) >= 11 is 0. The summed E-state index contributed by atoms with van der Waals surface area (Å²) in [5.74, 6) is 0. The van der Waals surface area contributed by atoms with Crippen LogP contribution in [0.15, 0.2) is 24.3 Å². The highest BCUT2D eigenvalue weighted by molar-refractivity contribution is 5.55. The molecule has 2 aliphatic rings. The summed E-state index contributed by atoms with van der Waals surface area (Å²) < 4.78 is 0. The Labute approximate surface area is 129 Å². The maximum atomic E-state index is 3.65. The van der Waals surface area contributed by atoms with Crippen molar-refractivity contribution < 1.29 is 0 Å². The van der Waals surface area contributed by atoms with Crippen LogP contribution in [-0.2, 0) is 0 Å². The molecular weight excluding hydrogens is 258 g/mol. The SMILES string of the molecule is CC(CC1CCCCN1)Nc1ccc(N2CCCC2)cc1. The van der Waals surface area contributed by atoms with Crippen LogP contribution in [0.3, 0.4) is 0 Å². The lowest BCUT2D eigenvalue weighted by Gasteiger charge is -2.27. The standard InChI is InChI=1S/C18H29N3/c1-15(14-17-6-2-3-11-19-17)20-16-7-9-18(10-8-16)21-12-4-5-13-21/h7-10,15,17,19-20H,2-6,11-14H2,1H3. The van der Waals surface area contributed by atoms with Crippen molar-refractivity contribution in [2.24, 2.45) is 0 Å². The minimum atomic E-state index is 0.526. The number of piperidine rings is 1. The zero-order valence-electron chi connectivity index (χ0n) is 13.3. The predicted molar refractivity (Wildman–Crippen MR) is 91.2 cm³/mol. The van der Waals surface area contributed by atoms with Crippen molar-refractivity contribution in [3.8, 4) is 0 Å². The molecule has 0 amide bonds. The number of nitrogens with zero attached hydrogens (tertiary/aromatic N) is 1. The van der Waals surface area contributed by atoms with Gasteiger partial charge in [0.05, 0.1) is 0 Å². The Kier molecular flexibility index (Phi) is 5.02. The highest BCUT2D eigenvalue weighted by Gasteiger charge is 2.16. The van der Waals surface area contributed by atoms with Gasteiger partial charge in [-0.05, 0) is 69.8 Å². The first-order valence-corrected chi connectivity index (χ1v) is 8.66. The smallest absolute Gasteiger partial charge is 0.0367 e. The predicted octanol–water partition coefficient (Wildman–Crippen LogP) is 3.62. The summed E-state index contributed by atoms with van der Waals surface area (Å²) in [5.41, 5.74) is 2.63. The first kappa shape index (κ1) is 14.7. The van der Waals surface area contributed by atoms with E-state index in [0.717, 1.165) is 0 Å². The highest BCUT2D eigenvalue weighted by atomic mass is 15.1. The van der Waals surface area contributed by atoms with E-state index in [1.165, 1.54) is 69.5 Å². The Morgan fingerprint density at radius 1 is 1.14 bits per heavy atom. The van der Waals surface area contributed by atoms with Crippen molar-refractivity contribution in [2.75, 3.05) is 29.9 Å². The van der Waals surface area contributed by atoms with Crippen molar-refractivity contribution in [3.63, 3.8) is 0 Å². The fourth-order valence-corrected chi connectivity index (χ4v) is 3.64. The van der Waals surface area contributed by atoms with E-state index in [-0.39, 0.29) is 0 Å². The molecule has 2 fully saturated rings. The summed E-state index contributed by atoms with van der Waals surface area (Å²) in [6, 6.07) is 10.2. The Hall–Kier alpha value is -1.22. The van der Waals surface area contributed by atoms with Gasteiger partial charge in [-0.15, -0.1) is 0 Å². The van der Waals surface area contributed by atoms with Crippen molar-refractivity contribution in [1.29, 1.82) is 0 Å². The Morgan fingerprint density at radius 3 is 2.57 bits per heavy atom. The van der Waals surface area contributed by atoms with Crippen molar-refractivity contribution in [1.82, 2.24) is 5.32 Å². The van der Waals surface area contributed by atoms with Crippen molar-refractivity contribution >= 4 is 11.4 Å². The van der Waals surface area contributed by atoms with Gasteiger partial charge < -0.3 is 15.5 Å². The molecule has 0 bridgehead atoms. The summed E-state index contributed by atoms with van der Waals surface area (Å²) in [6.07, 6.45) is 7.95. The van der Waals surface area contributed by atoms with E-state index in [0.29, 0.717) is 12.1 Å². The molecule has 0 saturated carbocycles. The van der Waals surface area contributed by atoms with E-state index in [2.05, 4.69) is 46.7 Å². The fourth-order valence-electron chi connectivity index (χ4n) is 3.64. The van der Waals surface area contributed by atoms with Gasteiger partial charge in [-0.3, -0.25) is 0 Å². The normalized spacial score (nSPS) is 24.0. The maximum absolute atomic E-state index is 3.65. The number of anilines is 2. The Balaban J connectivity index is 1.49. The molecule has 21 heavy (non-hydrogen) atoms. The van der Waals surface area contributed by atoms with Gasteiger partial charge in [-0.2, -0.15) is 0 Å². The Morgan fingerprint density at radius 2 is 1.90 bits per heavy atom. The summed E-state index contributed by atoms with van der Waals surface area (Å²) in [4.78, 5) is 2.49. The molecule has 1 aromatic carbocycles. The molecule has 2 heterocycles. The highest BCUT2D eigenvalue weighted by Crippen LogP contribution is 2.23. The van der Waals surface area contributed by atoms with Crippen LogP contribution in [-0.4, -0.2) is 31.7 Å². The molecule has 2 unspecified atom stereocenters. The third kappa shape index (κ3) is 4.13. The zero-order chi connectivity index (χ0) is 14.5. The van der Waals surface area contributed by atoms with Crippen LogP contribution in [0, 0.1) is 0 Å². The minimum Gasteiger partial charge on any atom is -0.383 e. The van der Waals surface area contributed by atoms with Gasteiger partial charge >= 0.3 is 0 Å². The second-order valence-corrected chi connectivity index (χ2v) is 6.67. The molecule has 2 saturated heterocycles. The largest absolute Gasteiger partial charge is 0.383 e. The molecule has 2 N–H and O–H groups in total. The van der Waals surface area contributed by atoms with E-state index in [9.17, 15) is 0 Å². The average Bonchev–Trinajstić information content (AvgIpc) is 3.03. The molecule has 2 aliphatic heterocycles. The van der Waals surface area contributed by atoms with Crippen LogP contribution in [0.2, 0.25) is 0 Å². The van der Waals surface area contributed by atoms with Gasteiger partial charge in [0.15, 0.2) is 0 Å². The van der Waals surface area contributed by atoms with Crippen molar-refractivity contribution in [3.05, 3.63) is 24.3 Å². The fraction of sp³-hybridized carbons (Fsp3) is 0.667. The van der Waals surface area contributed by atoms with Gasteiger partial charge in [-0.25, -0.2) is 0 Å². The van der Waals surface area contributed by atoms with Gasteiger partial charge in [0, 0.05) is 36.5 Å².